The van der Waals surface area contributed by atoms with Crippen LogP contribution in [0.15, 0.2) is 41.1 Å². The lowest BCUT2D eigenvalue weighted by Gasteiger charge is -1.99. The summed E-state index contributed by atoms with van der Waals surface area (Å²) in [5, 5.41) is 17.2. The maximum absolute atomic E-state index is 11.1. The van der Waals surface area contributed by atoms with Crippen LogP contribution >= 0.6 is 0 Å². The molecule has 66 valence electrons. The summed E-state index contributed by atoms with van der Waals surface area (Å²) in [7, 11) is 0. The Bertz CT molecular complexity index is 414. The average molecular weight is 178 g/mol. The third-order valence-corrected chi connectivity index (χ3v) is 1.44. The molecule has 0 aliphatic heterocycles. The summed E-state index contributed by atoms with van der Waals surface area (Å²) in [5.41, 5.74) is -0.222. The van der Waals surface area contributed by atoms with E-state index in [4.69, 9.17) is 10.5 Å². The van der Waals surface area contributed by atoms with Gasteiger partial charge in [-0.15, -0.1) is 0 Å². The van der Waals surface area contributed by atoms with E-state index in [0.29, 0.717) is 0 Å². The molecule has 5 heteroatoms. The Kier molecular flexibility index (Phi) is 2.82. The normalized spacial score (nSPS) is 10.8. The lowest BCUT2D eigenvalue weighted by molar-refractivity contribution is 0.373. The van der Waals surface area contributed by atoms with Gasteiger partial charge in [-0.25, -0.2) is 0 Å². The summed E-state index contributed by atoms with van der Waals surface area (Å²) in [6.45, 7) is 0.00370. The van der Waals surface area contributed by atoms with Crippen molar-refractivity contribution in [3.8, 4) is 0 Å². The molecule has 1 heterocycles. The molecule has 0 atom stereocenters. The predicted octanol–water partition coefficient (Wildman–Crippen LogP) is 1.10. The highest BCUT2D eigenvalue weighted by Gasteiger charge is 2.01. The number of aromatic nitrogens is 1. The summed E-state index contributed by atoms with van der Waals surface area (Å²) >= 11 is 0. The van der Waals surface area contributed by atoms with Crippen molar-refractivity contribution in [1.29, 1.82) is 5.39 Å². The molecule has 0 fully saturated rings. The second kappa shape index (κ2) is 4.07. The number of allylic oxidation sites excluding steroid dienone is 1. The zero-order chi connectivity index (χ0) is 9.68. The minimum atomic E-state index is -0.222. The summed E-state index contributed by atoms with van der Waals surface area (Å²) in [6, 6.07) is 4.66. The number of hydrogen-bond donors (Lipinski definition) is 1. The van der Waals surface area contributed by atoms with Crippen molar-refractivity contribution in [3.63, 3.8) is 0 Å². The van der Waals surface area contributed by atoms with Gasteiger partial charge in [-0.3, -0.25) is 4.79 Å². The van der Waals surface area contributed by atoms with Gasteiger partial charge >= 0.3 is 6.20 Å². The Labute approximate surface area is 74.2 Å². The van der Waals surface area contributed by atoms with E-state index in [1.807, 2.05) is 0 Å². The molecule has 0 unspecified atom stereocenters. The quantitative estimate of drug-likeness (QED) is 0.544. The minimum absolute atomic E-state index is 0.00370. The summed E-state index contributed by atoms with van der Waals surface area (Å²) in [4.78, 5) is 13.7. The van der Waals surface area contributed by atoms with E-state index in [1.165, 1.54) is 16.8 Å². The van der Waals surface area contributed by atoms with Crippen molar-refractivity contribution in [3.05, 3.63) is 51.7 Å². The second-order valence-corrected chi connectivity index (χ2v) is 2.40. The van der Waals surface area contributed by atoms with Crippen LogP contribution in [0.2, 0.25) is 0 Å². The summed E-state index contributed by atoms with van der Waals surface area (Å²) in [6.07, 6.45) is 2.41. The fourth-order valence-corrected chi connectivity index (χ4v) is 0.873. The van der Waals surface area contributed by atoms with E-state index in [0.717, 1.165) is 6.20 Å². The van der Waals surface area contributed by atoms with Gasteiger partial charge in [0.2, 0.25) is 11.2 Å². The Morgan fingerprint density at radius 1 is 1.69 bits per heavy atom. The molecule has 0 bridgehead atoms. The predicted molar refractivity (Wildman–Crippen MR) is 46.5 cm³/mol. The zero-order valence-electron chi connectivity index (χ0n) is 6.79. The van der Waals surface area contributed by atoms with Crippen molar-refractivity contribution in [2.75, 3.05) is 0 Å². The fraction of sp³-hybridized carbons (Fsp3) is 0.125. The van der Waals surface area contributed by atoms with Gasteiger partial charge in [0.15, 0.2) is 4.98 Å². The lowest BCUT2D eigenvalue weighted by atomic mass is 10.4. The van der Waals surface area contributed by atoms with Crippen LogP contribution in [0, 0.1) is 5.39 Å². The Hall–Kier alpha value is -2.09. The molecule has 0 radical (unpaired) electrons. The van der Waals surface area contributed by atoms with Crippen molar-refractivity contribution >= 4 is 0 Å². The molecule has 0 saturated heterocycles. The summed E-state index contributed by atoms with van der Waals surface area (Å²) in [5.74, 6) is -0.184. The van der Waals surface area contributed by atoms with Crippen molar-refractivity contribution < 1.29 is 5.11 Å². The first-order valence-corrected chi connectivity index (χ1v) is 3.61. The molecule has 1 N–H and O–H groups in total. The highest BCUT2D eigenvalue weighted by Crippen LogP contribution is 1.93. The molecule has 0 aliphatic carbocycles. The molecule has 0 amide bonds. The molecule has 0 spiro atoms. The van der Waals surface area contributed by atoms with Gasteiger partial charge in [-0.1, -0.05) is 6.07 Å². The van der Waals surface area contributed by atoms with Crippen molar-refractivity contribution in [2.45, 2.75) is 6.54 Å². The first-order chi connectivity index (χ1) is 6.24. The Balaban J connectivity index is 2.88. The Morgan fingerprint density at radius 2 is 2.46 bits per heavy atom. The van der Waals surface area contributed by atoms with E-state index in [2.05, 4.69) is 4.98 Å². The van der Waals surface area contributed by atoms with E-state index in [9.17, 15) is 4.79 Å². The maximum Gasteiger partial charge on any atom is 0.389 e. The van der Waals surface area contributed by atoms with Gasteiger partial charge in [0.25, 0.3) is 5.56 Å². The third-order valence-electron chi connectivity index (χ3n) is 1.44. The van der Waals surface area contributed by atoms with Crippen LogP contribution in [0.4, 0.5) is 0 Å². The van der Waals surface area contributed by atoms with Gasteiger partial charge in [-0.05, 0) is 6.07 Å². The molecular formula is C8H8N3O2+. The topological polar surface area (TPSA) is 70.4 Å². The number of pyridine rings is 1. The van der Waals surface area contributed by atoms with Crippen LogP contribution in [-0.4, -0.2) is 9.67 Å². The van der Waals surface area contributed by atoms with Gasteiger partial charge in [0.05, 0.1) is 6.54 Å². The van der Waals surface area contributed by atoms with E-state index < -0.39 is 0 Å². The number of diazo groups is 1. The maximum atomic E-state index is 11.1. The number of nitrogens with zero attached hydrogens (tertiary/aromatic N) is 3. The largest absolute Gasteiger partial charge is 0.504 e. The van der Waals surface area contributed by atoms with Gasteiger partial charge < -0.3 is 9.67 Å². The second-order valence-electron chi connectivity index (χ2n) is 2.40. The average Bonchev–Trinajstić information content (AvgIpc) is 2.09. The standard InChI is InChI=1S/C8H7N3O2/c9-10-5-7(12)6-11-4-2-1-3-8(11)13/h1-5H,6H2/p+1/b7-5-. The molecular weight excluding hydrogens is 170 g/mol. The third kappa shape index (κ3) is 2.45. The monoisotopic (exact) mass is 178 g/mol. The molecule has 0 saturated carbocycles. The molecule has 0 aliphatic rings. The molecule has 1 aromatic rings. The fourth-order valence-electron chi connectivity index (χ4n) is 0.873. The van der Waals surface area contributed by atoms with E-state index >= 15 is 0 Å². The number of aliphatic hydroxyl groups excluding tert-OH is 1. The number of aliphatic hydroxyl groups is 1. The van der Waals surface area contributed by atoms with Crippen LogP contribution in [0.3, 0.4) is 0 Å². The van der Waals surface area contributed by atoms with Gasteiger partial charge in [0, 0.05) is 12.3 Å². The van der Waals surface area contributed by atoms with Crippen LogP contribution < -0.4 is 5.56 Å². The van der Waals surface area contributed by atoms with Crippen molar-refractivity contribution in [1.82, 2.24) is 4.57 Å². The molecule has 1 rings (SSSR count). The van der Waals surface area contributed by atoms with Crippen LogP contribution in [0.1, 0.15) is 0 Å². The van der Waals surface area contributed by atoms with Gasteiger partial charge in [0.1, 0.15) is 0 Å². The first kappa shape index (κ1) is 9.00. The smallest absolute Gasteiger partial charge is 0.389 e. The number of rotatable bonds is 2. The van der Waals surface area contributed by atoms with Crippen LogP contribution in [0.25, 0.3) is 4.98 Å². The molecule has 5 nitrogen and oxygen atoms in total. The van der Waals surface area contributed by atoms with E-state index in [-0.39, 0.29) is 17.9 Å². The summed E-state index contributed by atoms with van der Waals surface area (Å²) < 4.78 is 1.29. The van der Waals surface area contributed by atoms with E-state index in [1.54, 1.807) is 12.1 Å². The van der Waals surface area contributed by atoms with Crippen molar-refractivity contribution in [2.24, 2.45) is 0 Å². The molecule has 13 heavy (non-hydrogen) atoms. The highest BCUT2D eigenvalue weighted by atomic mass is 16.3. The first-order valence-electron chi connectivity index (χ1n) is 3.61. The zero-order valence-corrected chi connectivity index (χ0v) is 6.79. The minimum Gasteiger partial charge on any atom is -0.504 e. The SMILES string of the molecule is N#[N+]/C=C(\O)Cn1ccccc1=O. The Morgan fingerprint density at radius 3 is 3.08 bits per heavy atom. The van der Waals surface area contributed by atoms with Crippen LogP contribution in [0.5, 0.6) is 0 Å². The highest BCUT2D eigenvalue weighted by molar-refractivity contribution is 5.00. The number of hydrogen-bond acceptors (Lipinski definition) is 3. The molecule has 0 aromatic carbocycles. The van der Waals surface area contributed by atoms with Crippen LogP contribution in [-0.2, 0) is 6.54 Å². The lowest BCUT2D eigenvalue weighted by Crippen LogP contribution is -2.18. The molecule has 1 aromatic heterocycles. The van der Waals surface area contributed by atoms with Gasteiger partial charge in [-0.2, -0.15) is 0 Å².